The maximum absolute atomic E-state index is 13.2. The highest BCUT2D eigenvalue weighted by atomic mass is 35.5. The van der Waals surface area contributed by atoms with Crippen molar-refractivity contribution in [3.05, 3.63) is 64.9 Å². The van der Waals surface area contributed by atoms with E-state index in [1.54, 1.807) is 12.1 Å². The highest BCUT2D eigenvalue weighted by molar-refractivity contribution is 7.92. The predicted octanol–water partition coefficient (Wildman–Crippen LogP) is 4.55. The van der Waals surface area contributed by atoms with E-state index in [-0.39, 0.29) is 16.1 Å². The third-order valence-corrected chi connectivity index (χ3v) is 5.80. The fourth-order valence-corrected chi connectivity index (χ4v) is 3.97. The molecule has 1 unspecified atom stereocenters. The highest BCUT2D eigenvalue weighted by Gasteiger charge is 2.25. The highest BCUT2D eigenvalue weighted by Crippen LogP contribution is 2.29. The fraction of sp³-hybridized carbons (Fsp3) is 0.350. The molecule has 0 saturated carbocycles. The zero-order valence-corrected chi connectivity index (χ0v) is 17.1. The number of nitrogens with one attached hydrogen (secondary N) is 1. The molecule has 0 bridgehead atoms. The summed E-state index contributed by atoms with van der Waals surface area (Å²) in [5.74, 6) is -1.65. The van der Waals surface area contributed by atoms with E-state index in [2.05, 4.69) is 5.32 Å². The Balaban J connectivity index is 2.17. The summed E-state index contributed by atoms with van der Waals surface area (Å²) in [7, 11) is -3.79. The van der Waals surface area contributed by atoms with E-state index in [1.165, 1.54) is 36.4 Å². The van der Waals surface area contributed by atoms with E-state index >= 15 is 0 Å². The molecular weight excluding hydrogens is 389 g/mol. The standard InChI is InChI=1S/C20H23ClFNO3S/c1-20(2,3)12-18(14-4-8-16(22)9-5-14)23-19(24)13-27(25,26)17-10-6-15(21)7-11-17/h4-11,18H,12-13H2,1-3H3,(H,23,24). The summed E-state index contributed by atoms with van der Waals surface area (Å²) in [5.41, 5.74) is 0.602. The van der Waals surface area contributed by atoms with Crippen LogP contribution in [0.15, 0.2) is 53.4 Å². The molecule has 1 atom stereocenters. The van der Waals surface area contributed by atoms with Gasteiger partial charge < -0.3 is 5.32 Å². The maximum Gasteiger partial charge on any atom is 0.236 e. The molecule has 0 spiro atoms. The van der Waals surface area contributed by atoms with E-state index in [0.717, 1.165) is 5.56 Å². The van der Waals surface area contributed by atoms with Gasteiger partial charge in [0.2, 0.25) is 5.91 Å². The Kier molecular flexibility index (Phi) is 6.65. The zero-order chi connectivity index (χ0) is 20.2. The van der Waals surface area contributed by atoms with Crippen LogP contribution in [-0.4, -0.2) is 20.1 Å². The van der Waals surface area contributed by atoms with Gasteiger partial charge >= 0.3 is 0 Å². The number of carbonyl (C=O) groups is 1. The van der Waals surface area contributed by atoms with Crippen molar-refractivity contribution in [1.29, 1.82) is 0 Å². The zero-order valence-electron chi connectivity index (χ0n) is 15.5. The molecule has 0 aliphatic heterocycles. The minimum Gasteiger partial charge on any atom is -0.348 e. The van der Waals surface area contributed by atoms with Gasteiger partial charge in [-0.2, -0.15) is 0 Å². The van der Waals surface area contributed by atoms with Crippen molar-refractivity contribution in [3.8, 4) is 0 Å². The second-order valence-electron chi connectivity index (χ2n) is 7.65. The summed E-state index contributed by atoms with van der Waals surface area (Å²) in [6.45, 7) is 6.04. The van der Waals surface area contributed by atoms with Gasteiger partial charge in [0.25, 0.3) is 0 Å². The van der Waals surface area contributed by atoms with E-state index in [9.17, 15) is 17.6 Å². The van der Waals surface area contributed by atoms with Gasteiger partial charge in [0.05, 0.1) is 10.9 Å². The number of hydrogen-bond acceptors (Lipinski definition) is 3. The van der Waals surface area contributed by atoms with Gasteiger partial charge in [0.1, 0.15) is 11.6 Å². The van der Waals surface area contributed by atoms with Crippen LogP contribution in [0.25, 0.3) is 0 Å². The maximum atomic E-state index is 13.2. The fourth-order valence-electron chi connectivity index (χ4n) is 2.69. The summed E-state index contributed by atoms with van der Waals surface area (Å²) >= 11 is 5.78. The molecule has 2 rings (SSSR count). The second-order valence-corrected chi connectivity index (χ2v) is 10.1. The van der Waals surface area contributed by atoms with Crippen LogP contribution in [0.4, 0.5) is 4.39 Å². The smallest absolute Gasteiger partial charge is 0.236 e. The Labute approximate surface area is 164 Å². The Hall–Kier alpha value is -1.92. The molecule has 0 radical (unpaired) electrons. The summed E-state index contributed by atoms with van der Waals surface area (Å²) < 4.78 is 38.1. The number of halogens is 2. The van der Waals surface area contributed by atoms with Crippen LogP contribution in [0.1, 0.15) is 38.8 Å². The van der Waals surface area contributed by atoms with Crippen molar-refractivity contribution >= 4 is 27.3 Å². The number of rotatable bonds is 6. The molecular formula is C20H23ClFNO3S. The van der Waals surface area contributed by atoms with Gasteiger partial charge in [-0.3, -0.25) is 4.79 Å². The molecule has 2 aromatic carbocycles. The average Bonchev–Trinajstić information content (AvgIpc) is 2.53. The Morgan fingerprint density at radius 3 is 2.15 bits per heavy atom. The number of amides is 1. The van der Waals surface area contributed by atoms with Crippen LogP contribution in [0, 0.1) is 11.2 Å². The lowest BCUT2D eigenvalue weighted by molar-refractivity contribution is -0.119. The first-order valence-corrected chi connectivity index (χ1v) is 10.5. The lowest BCUT2D eigenvalue weighted by Gasteiger charge is -2.27. The first kappa shape index (κ1) is 21.4. The van der Waals surface area contributed by atoms with Crippen molar-refractivity contribution in [2.75, 3.05) is 5.75 Å². The van der Waals surface area contributed by atoms with Crippen molar-refractivity contribution < 1.29 is 17.6 Å². The SMILES string of the molecule is CC(C)(C)CC(NC(=O)CS(=O)(=O)c1ccc(Cl)cc1)c1ccc(F)cc1. The van der Waals surface area contributed by atoms with E-state index in [0.29, 0.717) is 11.4 Å². The van der Waals surface area contributed by atoms with Crippen LogP contribution >= 0.6 is 11.6 Å². The number of sulfone groups is 1. The van der Waals surface area contributed by atoms with E-state index in [4.69, 9.17) is 11.6 Å². The summed E-state index contributed by atoms with van der Waals surface area (Å²) in [5, 5.41) is 3.20. The topological polar surface area (TPSA) is 63.2 Å². The Morgan fingerprint density at radius 1 is 1.07 bits per heavy atom. The molecule has 0 fully saturated rings. The van der Waals surface area contributed by atoms with Gasteiger partial charge in [-0.25, -0.2) is 12.8 Å². The lowest BCUT2D eigenvalue weighted by Crippen LogP contribution is -2.35. The summed E-state index contributed by atoms with van der Waals surface area (Å²) in [6, 6.07) is 11.1. The van der Waals surface area contributed by atoms with Crippen molar-refractivity contribution in [3.63, 3.8) is 0 Å². The lowest BCUT2D eigenvalue weighted by atomic mass is 9.85. The van der Waals surface area contributed by atoms with E-state index < -0.39 is 27.5 Å². The van der Waals surface area contributed by atoms with Crippen molar-refractivity contribution in [2.24, 2.45) is 5.41 Å². The molecule has 4 nitrogen and oxygen atoms in total. The van der Waals surface area contributed by atoms with Crippen LogP contribution in [0.3, 0.4) is 0 Å². The number of hydrogen-bond donors (Lipinski definition) is 1. The molecule has 27 heavy (non-hydrogen) atoms. The molecule has 0 aliphatic carbocycles. The van der Waals surface area contributed by atoms with Crippen LogP contribution in [-0.2, 0) is 14.6 Å². The van der Waals surface area contributed by atoms with Gasteiger partial charge in [-0.15, -0.1) is 0 Å². The molecule has 0 heterocycles. The number of carbonyl (C=O) groups excluding carboxylic acids is 1. The summed E-state index contributed by atoms with van der Waals surface area (Å²) in [4.78, 5) is 12.5. The molecule has 1 N–H and O–H groups in total. The van der Waals surface area contributed by atoms with Gasteiger partial charge in [0.15, 0.2) is 9.84 Å². The average molecular weight is 412 g/mol. The van der Waals surface area contributed by atoms with Crippen LogP contribution in [0.2, 0.25) is 5.02 Å². The van der Waals surface area contributed by atoms with Gasteiger partial charge in [-0.1, -0.05) is 44.5 Å². The molecule has 146 valence electrons. The first-order valence-electron chi connectivity index (χ1n) is 8.49. The third-order valence-electron chi connectivity index (χ3n) is 3.92. The molecule has 0 aromatic heterocycles. The Bertz CT molecular complexity index is 888. The molecule has 7 heteroatoms. The van der Waals surface area contributed by atoms with Gasteiger partial charge in [-0.05, 0) is 53.8 Å². The largest absolute Gasteiger partial charge is 0.348 e. The first-order chi connectivity index (χ1) is 12.5. The van der Waals surface area contributed by atoms with Crippen LogP contribution in [0.5, 0.6) is 0 Å². The summed E-state index contributed by atoms with van der Waals surface area (Å²) in [6.07, 6.45) is 0.575. The third kappa shape index (κ3) is 6.63. The number of benzene rings is 2. The quantitative estimate of drug-likeness (QED) is 0.758. The predicted molar refractivity (Wildman–Crippen MR) is 105 cm³/mol. The molecule has 1 amide bonds. The van der Waals surface area contributed by atoms with E-state index in [1.807, 2.05) is 20.8 Å². The van der Waals surface area contributed by atoms with Crippen molar-refractivity contribution in [1.82, 2.24) is 5.32 Å². The molecule has 0 aliphatic rings. The van der Waals surface area contributed by atoms with Crippen molar-refractivity contribution in [2.45, 2.75) is 38.1 Å². The van der Waals surface area contributed by atoms with Gasteiger partial charge in [0, 0.05) is 5.02 Å². The van der Waals surface area contributed by atoms with Crippen LogP contribution < -0.4 is 5.32 Å². The monoisotopic (exact) mass is 411 g/mol. The normalized spacial score (nSPS) is 13.2. The minimum absolute atomic E-state index is 0.0382. The molecule has 2 aromatic rings. The second kappa shape index (κ2) is 8.40. The minimum atomic E-state index is -3.79. The Morgan fingerprint density at radius 2 is 1.63 bits per heavy atom. The molecule has 0 saturated heterocycles.